The Bertz CT molecular complexity index is 675. The molecule has 0 atom stereocenters. The van der Waals surface area contributed by atoms with Gasteiger partial charge in [-0.25, -0.2) is 13.1 Å². The van der Waals surface area contributed by atoms with Crippen LogP contribution in [0.2, 0.25) is 0 Å². The molecule has 0 fully saturated rings. The van der Waals surface area contributed by atoms with Crippen LogP contribution in [0.25, 0.3) is 0 Å². The summed E-state index contributed by atoms with van der Waals surface area (Å²) in [6, 6.07) is 1.76. The van der Waals surface area contributed by atoms with E-state index in [4.69, 9.17) is 0 Å². The first kappa shape index (κ1) is 15.7. The maximum atomic E-state index is 12.3. The number of aromatic amines is 1. The normalized spacial score (nSPS) is 11.9. The fourth-order valence-corrected chi connectivity index (χ4v) is 3.00. The number of nitrogens with zero attached hydrogens (tertiary/aromatic N) is 3. The van der Waals surface area contributed by atoms with Gasteiger partial charge in [0.05, 0.1) is 18.4 Å². The molecule has 8 nitrogen and oxygen atoms in total. The number of sulfonamides is 1. The smallest absolute Gasteiger partial charge is 0.258 e. The van der Waals surface area contributed by atoms with Gasteiger partial charge in [-0.05, 0) is 19.0 Å². The quantitative estimate of drug-likeness (QED) is 0.601. The van der Waals surface area contributed by atoms with Crippen molar-refractivity contribution in [2.24, 2.45) is 7.05 Å². The zero-order valence-corrected chi connectivity index (χ0v) is 12.9. The Balaban J connectivity index is 2.05. The van der Waals surface area contributed by atoms with Gasteiger partial charge in [-0.1, -0.05) is 6.92 Å². The van der Waals surface area contributed by atoms with Crippen molar-refractivity contribution >= 4 is 10.0 Å². The first-order chi connectivity index (χ1) is 10.0. The Morgan fingerprint density at radius 2 is 2.19 bits per heavy atom. The maximum Gasteiger partial charge on any atom is 0.258 e. The Morgan fingerprint density at radius 1 is 1.38 bits per heavy atom. The Kier molecular flexibility index (Phi) is 5.10. The van der Waals surface area contributed by atoms with Crippen molar-refractivity contribution in [3.05, 3.63) is 29.7 Å². The van der Waals surface area contributed by atoms with Crippen LogP contribution in [0.15, 0.2) is 23.5 Å². The second kappa shape index (κ2) is 6.83. The van der Waals surface area contributed by atoms with Crippen LogP contribution in [0.1, 0.15) is 24.6 Å². The summed E-state index contributed by atoms with van der Waals surface area (Å²) in [6.45, 7) is 3.52. The van der Waals surface area contributed by atoms with Crippen molar-refractivity contribution in [3.63, 3.8) is 0 Å². The van der Waals surface area contributed by atoms with Gasteiger partial charge in [0.15, 0.2) is 5.03 Å². The van der Waals surface area contributed by atoms with E-state index in [0.29, 0.717) is 12.1 Å². The van der Waals surface area contributed by atoms with Gasteiger partial charge >= 0.3 is 0 Å². The van der Waals surface area contributed by atoms with Crippen LogP contribution in [0, 0.1) is 0 Å². The third-order valence-electron chi connectivity index (χ3n) is 3.05. The lowest BCUT2D eigenvalue weighted by atomic mass is 10.3. The summed E-state index contributed by atoms with van der Waals surface area (Å²) in [5.74, 6) is 0. The molecule has 0 aliphatic rings. The summed E-state index contributed by atoms with van der Waals surface area (Å²) < 4.78 is 28.8. The Morgan fingerprint density at radius 3 is 2.86 bits per heavy atom. The van der Waals surface area contributed by atoms with E-state index in [1.165, 1.54) is 6.20 Å². The molecule has 0 unspecified atom stereocenters. The molecule has 2 aromatic heterocycles. The van der Waals surface area contributed by atoms with E-state index in [0.717, 1.165) is 18.7 Å². The van der Waals surface area contributed by atoms with Crippen LogP contribution in [0.5, 0.6) is 0 Å². The lowest BCUT2D eigenvalue weighted by Crippen LogP contribution is -2.26. The van der Waals surface area contributed by atoms with Crippen molar-refractivity contribution in [1.29, 1.82) is 0 Å². The first-order valence-corrected chi connectivity index (χ1v) is 8.22. The predicted octanol–water partition coefficient (Wildman–Crippen LogP) is 0.121. The molecule has 116 valence electrons. The minimum Gasteiger partial charge on any atom is -0.313 e. The van der Waals surface area contributed by atoms with E-state index in [-0.39, 0.29) is 11.6 Å². The summed E-state index contributed by atoms with van der Waals surface area (Å²) in [5.41, 5.74) is 1.41. The van der Waals surface area contributed by atoms with E-state index in [1.807, 2.05) is 0 Å². The molecule has 0 bridgehead atoms. The number of hydrogen-bond donors (Lipinski definition) is 3. The molecule has 2 rings (SSSR count). The van der Waals surface area contributed by atoms with Gasteiger partial charge in [0.25, 0.3) is 10.0 Å². The van der Waals surface area contributed by atoms with Crippen molar-refractivity contribution in [1.82, 2.24) is 30.0 Å². The van der Waals surface area contributed by atoms with Gasteiger partial charge < -0.3 is 5.32 Å². The van der Waals surface area contributed by atoms with Crippen LogP contribution < -0.4 is 10.0 Å². The molecule has 2 aromatic rings. The summed E-state index contributed by atoms with van der Waals surface area (Å²) in [4.78, 5) is 0. The molecule has 9 heteroatoms. The molecule has 0 spiro atoms. The van der Waals surface area contributed by atoms with Crippen molar-refractivity contribution < 1.29 is 8.42 Å². The van der Waals surface area contributed by atoms with Crippen LogP contribution in [0.3, 0.4) is 0 Å². The molecular weight excluding hydrogens is 292 g/mol. The highest BCUT2D eigenvalue weighted by atomic mass is 32.2. The highest BCUT2D eigenvalue weighted by molar-refractivity contribution is 7.89. The number of aromatic nitrogens is 4. The van der Waals surface area contributed by atoms with Crippen LogP contribution >= 0.6 is 0 Å². The van der Waals surface area contributed by atoms with E-state index in [9.17, 15) is 8.42 Å². The minimum absolute atomic E-state index is 0.105. The molecule has 0 amide bonds. The highest BCUT2D eigenvalue weighted by Gasteiger charge is 2.20. The maximum absolute atomic E-state index is 12.3. The highest BCUT2D eigenvalue weighted by Crippen LogP contribution is 2.12. The third-order valence-corrected chi connectivity index (χ3v) is 4.47. The molecule has 3 N–H and O–H groups in total. The van der Waals surface area contributed by atoms with Gasteiger partial charge in [0.1, 0.15) is 0 Å². The Labute approximate surface area is 124 Å². The van der Waals surface area contributed by atoms with E-state index >= 15 is 0 Å². The van der Waals surface area contributed by atoms with Crippen molar-refractivity contribution in [3.8, 4) is 0 Å². The number of rotatable bonds is 8. The number of hydrogen-bond acceptors (Lipinski definition) is 5. The van der Waals surface area contributed by atoms with Gasteiger partial charge in [-0.15, -0.1) is 0 Å². The average Bonchev–Trinajstić information content (AvgIpc) is 3.06. The first-order valence-electron chi connectivity index (χ1n) is 6.74. The molecule has 0 aromatic carbocycles. The van der Waals surface area contributed by atoms with E-state index in [2.05, 4.69) is 32.3 Å². The summed E-state index contributed by atoms with van der Waals surface area (Å²) in [5, 5.41) is 13.6. The number of H-pyrrole nitrogens is 1. The molecule has 0 aliphatic heterocycles. The monoisotopic (exact) mass is 312 g/mol. The molecule has 0 radical (unpaired) electrons. The van der Waals surface area contributed by atoms with Crippen LogP contribution in [-0.2, 0) is 30.2 Å². The zero-order chi connectivity index (χ0) is 15.3. The Hall–Kier alpha value is -1.71. The standard InChI is InChI=1S/C12H20N6O2S/c1-3-5-13-7-10-8-14-17-12(10)21(19,20)16-9-11-4-6-15-18(11)2/h4,6,8,13,16H,3,5,7,9H2,1-2H3,(H,14,17). The molecule has 21 heavy (non-hydrogen) atoms. The molecule has 2 heterocycles. The predicted molar refractivity (Wildman–Crippen MR) is 77.8 cm³/mol. The second-order valence-corrected chi connectivity index (χ2v) is 6.38. The van der Waals surface area contributed by atoms with Crippen molar-refractivity contribution in [2.45, 2.75) is 31.5 Å². The van der Waals surface area contributed by atoms with Gasteiger partial charge in [-0.2, -0.15) is 10.2 Å². The number of aryl methyl sites for hydroxylation is 1. The van der Waals surface area contributed by atoms with Crippen LogP contribution in [0.4, 0.5) is 0 Å². The fraction of sp³-hybridized carbons (Fsp3) is 0.500. The lowest BCUT2D eigenvalue weighted by molar-refractivity contribution is 0.569. The summed E-state index contributed by atoms with van der Waals surface area (Å²) >= 11 is 0. The lowest BCUT2D eigenvalue weighted by Gasteiger charge is -2.08. The molecule has 0 aliphatic carbocycles. The topological polar surface area (TPSA) is 105 Å². The molecule has 0 saturated heterocycles. The van der Waals surface area contributed by atoms with Gasteiger partial charge in [0, 0.05) is 25.4 Å². The van der Waals surface area contributed by atoms with Gasteiger partial charge in [-0.3, -0.25) is 9.78 Å². The largest absolute Gasteiger partial charge is 0.313 e. The zero-order valence-electron chi connectivity index (χ0n) is 12.1. The van der Waals surface area contributed by atoms with E-state index in [1.54, 1.807) is 24.0 Å². The number of nitrogens with one attached hydrogen (secondary N) is 3. The molecule has 0 saturated carbocycles. The minimum atomic E-state index is -3.63. The average molecular weight is 312 g/mol. The molecular formula is C12H20N6O2S. The summed E-state index contributed by atoms with van der Waals surface area (Å²) in [6.07, 6.45) is 4.14. The van der Waals surface area contributed by atoms with Crippen LogP contribution in [-0.4, -0.2) is 34.9 Å². The second-order valence-electron chi connectivity index (χ2n) is 4.67. The van der Waals surface area contributed by atoms with Crippen molar-refractivity contribution in [2.75, 3.05) is 6.54 Å². The fourth-order valence-electron chi connectivity index (χ4n) is 1.87. The van der Waals surface area contributed by atoms with E-state index < -0.39 is 10.0 Å². The van der Waals surface area contributed by atoms with Gasteiger partial charge in [0.2, 0.25) is 0 Å². The SMILES string of the molecule is CCCNCc1cn[nH]c1S(=O)(=O)NCc1ccnn1C. The third kappa shape index (κ3) is 3.90. The summed E-state index contributed by atoms with van der Waals surface area (Å²) in [7, 11) is -1.86.